The Kier molecular flexibility index (Phi) is 7.61. The molecule has 3 rings (SSSR count). The first-order valence-electron chi connectivity index (χ1n) is 10.5. The molecule has 1 N–H and O–H groups in total. The van der Waals surface area contributed by atoms with Gasteiger partial charge in [-0.25, -0.2) is 24.3 Å². The summed E-state index contributed by atoms with van der Waals surface area (Å²) < 4.78 is 119. The van der Waals surface area contributed by atoms with Crippen LogP contribution in [0.5, 0.6) is 0 Å². The van der Waals surface area contributed by atoms with E-state index in [2.05, 4.69) is 13.2 Å². The van der Waals surface area contributed by atoms with Crippen molar-refractivity contribution in [1.82, 2.24) is 4.90 Å². The molecule has 6 nitrogen and oxygen atoms in total. The molecular formula is C24H16F9N3O3. The highest BCUT2D eigenvalue weighted by atomic mass is 19.4. The Bertz CT molecular complexity index is 1350. The molecular weight excluding hydrogens is 549 g/mol. The van der Waals surface area contributed by atoms with Gasteiger partial charge in [-0.1, -0.05) is 25.3 Å². The summed E-state index contributed by atoms with van der Waals surface area (Å²) in [6.07, 6.45) is -16.6. The number of aliphatic hydroxyl groups excluding tert-OH is 1. The zero-order valence-corrected chi connectivity index (χ0v) is 19.3. The Morgan fingerprint density at radius 3 is 1.77 bits per heavy atom. The molecule has 0 radical (unpaired) electrons. The lowest BCUT2D eigenvalue weighted by atomic mass is 10.1. The van der Waals surface area contributed by atoms with E-state index in [1.807, 2.05) is 0 Å². The summed E-state index contributed by atoms with van der Waals surface area (Å²) in [6, 6.07) is 2.17. The van der Waals surface area contributed by atoms with Crippen LogP contribution < -0.4 is 9.80 Å². The van der Waals surface area contributed by atoms with E-state index in [1.54, 1.807) is 0 Å². The average molecular weight is 565 g/mol. The van der Waals surface area contributed by atoms with Crippen molar-refractivity contribution >= 4 is 23.4 Å². The van der Waals surface area contributed by atoms with Crippen LogP contribution in [-0.2, 0) is 12.4 Å². The highest BCUT2D eigenvalue weighted by Crippen LogP contribution is 2.38. The van der Waals surface area contributed by atoms with Gasteiger partial charge in [0, 0.05) is 5.70 Å². The highest BCUT2D eigenvalue weighted by Gasteiger charge is 2.47. The van der Waals surface area contributed by atoms with Gasteiger partial charge in [0.1, 0.15) is 0 Å². The van der Waals surface area contributed by atoms with Gasteiger partial charge < -0.3 is 5.11 Å². The van der Waals surface area contributed by atoms with Crippen molar-refractivity contribution in [3.8, 4) is 0 Å². The number of rotatable bonds is 5. The Hall–Kier alpha value is -4.27. The molecule has 0 aromatic heterocycles. The lowest BCUT2D eigenvalue weighted by molar-refractivity contribution is -0.138. The van der Waals surface area contributed by atoms with Crippen LogP contribution in [0.15, 0.2) is 85.1 Å². The Morgan fingerprint density at radius 1 is 0.821 bits per heavy atom. The van der Waals surface area contributed by atoms with Gasteiger partial charge in [0.2, 0.25) is 6.35 Å². The van der Waals surface area contributed by atoms with E-state index in [9.17, 15) is 54.2 Å². The maximum absolute atomic E-state index is 13.3. The first-order chi connectivity index (χ1) is 17.9. The molecule has 39 heavy (non-hydrogen) atoms. The number of allylic oxidation sites excluding steroid dienone is 3. The van der Waals surface area contributed by atoms with Crippen LogP contribution in [0.1, 0.15) is 11.1 Å². The maximum Gasteiger partial charge on any atom is 0.416 e. The van der Waals surface area contributed by atoms with Crippen LogP contribution in [0.4, 0.5) is 60.5 Å². The highest BCUT2D eigenvalue weighted by molar-refractivity contribution is 6.21. The molecule has 15 heteroatoms. The molecule has 1 aliphatic heterocycles. The number of anilines is 2. The molecule has 1 fully saturated rings. The van der Waals surface area contributed by atoms with Crippen molar-refractivity contribution in [2.45, 2.75) is 24.9 Å². The van der Waals surface area contributed by atoms with Crippen molar-refractivity contribution in [3.63, 3.8) is 0 Å². The van der Waals surface area contributed by atoms with Crippen molar-refractivity contribution in [1.29, 1.82) is 0 Å². The molecule has 2 aromatic rings. The molecule has 208 valence electrons. The van der Waals surface area contributed by atoms with Crippen molar-refractivity contribution in [3.05, 3.63) is 96.2 Å². The molecule has 1 atom stereocenters. The molecule has 4 amide bonds. The van der Waals surface area contributed by atoms with Gasteiger partial charge in [-0.2, -0.15) is 39.5 Å². The van der Waals surface area contributed by atoms with Gasteiger partial charge in [-0.05, 0) is 48.6 Å². The molecule has 2 aromatic carbocycles. The molecule has 0 bridgehead atoms. The van der Waals surface area contributed by atoms with Gasteiger partial charge in [0.25, 0.3) is 0 Å². The third-order valence-electron chi connectivity index (χ3n) is 5.31. The Balaban J connectivity index is 2.26. The minimum atomic E-state index is -5.03. The number of aliphatic hydroxyl groups is 1. The number of hydrogen-bond donors (Lipinski definition) is 1. The number of hydrogen-bond acceptors (Lipinski definition) is 3. The van der Waals surface area contributed by atoms with Crippen LogP contribution >= 0.6 is 0 Å². The second-order valence-corrected chi connectivity index (χ2v) is 7.88. The van der Waals surface area contributed by atoms with E-state index >= 15 is 0 Å². The van der Waals surface area contributed by atoms with Crippen LogP contribution in [0, 0.1) is 0 Å². The number of halogens is 9. The fourth-order valence-corrected chi connectivity index (χ4v) is 3.46. The van der Waals surface area contributed by atoms with Gasteiger partial charge in [-0.15, -0.1) is 0 Å². The number of benzene rings is 2. The van der Waals surface area contributed by atoms with E-state index < -0.39 is 70.7 Å². The quantitative estimate of drug-likeness (QED) is 0.312. The smallest absolute Gasteiger partial charge is 0.356 e. The maximum atomic E-state index is 13.3. The van der Waals surface area contributed by atoms with Gasteiger partial charge >= 0.3 is 30.6 Å². The number of carbonyl (C=O) groups excluding carboxylic acids is 2. The van der Waals surface area contributed by atoms with E-state index in [4.69, 9.17) is 0 Å². The summed E-state index contributed by atoms with van der Waals surface area (Å²) in [7, 11) is 0. The van der Waals surface area contributed by atoms with Gasteiger partial charge in [0.05, 0.1) is 28.1 Å². The normalized spacial score (nSPS) is 17.5. The zero-order valence-electron chi connectivity index (χ0n) is 19.3. The second kappa shape index (κ2) is 10.1. The van der Waals surface area contributed by atoms with Crippen molar-refractivity contribution < 1.29 is 54.2 Å². The monoisotopic (exact) mass is 565 g/mol. The predicted octanol–water partition coefficient (Wildman–Crippen LogP) is 7.06. The zero-order chi connectivity index (χ0) is 29.5. The largest absolute Gasteiger partial charge is 0.416 e. The summed E-state index contributed by atoms with van der Waals surface area (Å²) in [4.78, 5) is 27.0. The number of imide groups is 1. The molecule has 0 aliphatic carbocycles. The van der Waals surface area contributed by atoms with Gasteiger partial charge in [-0.3, -0.25) is 0 Å². The Labute approximate surface area is 214 Å². The summed E-state index contributed by atoms with van der Waals surface area (Å²) in [5.41, 5.74) is -6.43. The first-order valence-corrected chi connectivity index (χ1v) is 10.5. The van der Waals surface area contributed by atoms with Crippen LogP contribution in [0.2, 0.25) is 0 Å². The number of alkyl halides is 9. The second-order valence-electron chi connectivity index (χ2n) is 7.88. The summed E-state index contributed by atoms with van der Waals surface area (Å²) in [5.74, 6) is 0. The van der Waals surface area contributed by atoms with E-state index in [0.29, 0.717) is 30.3 Å². The summed E-state index contributed by atoms with van der Waals surface area (Å²) >= 11 is 0. The Morgan fingerprint density at radius 2 is 1.31 bits per heavy atom. The molecule has 1 heterocycles. The molecule has 1 unspecified atom stereocenters. The number of carbonyl (C=O) groups is 2. The molecule has 0 spiro atoms. The standard InChI is InChI=1S/C24H16F9N3O3/c1-3-16(10-13(2)22(25,26)27)34-19(37)35(17-8-4-6-14(11-17)23(28,29)30)21(39)36(20(34)38)18-9-5-7-15(12-18)24(31,32)33/h3-12,19,37H,1-2H2/b16-10+. The van der Waals surface area contributed by atoms with Gasteiger partial charge in [0.15, 0.2) is 0 Å². The van der Waals surface area contributed by atoms with Crippen LogP contribution in [0.25, 0.3) is 0 Å². The number of nitrogens with zero attached hydrogens (tertiary/aromatic N) is 3. The van der Waals surface area contributed by atoms with E-state index in [0.717, 1.165) is 24.3 Å². The average Bonchev–Trinajstić information content (AvgIpc) is 2.82. The third-order valence-corrected chi connectivity index (χ3v) is 5.31. The van der Waals surface area contributed by atoms with E-state index in [-0.39, 0.29) is 20.8 Å². The third kappa shape index (κ3) is 5.92. The minimum absolute atomic E-state index is 0.0515. The first kappa shape index (κ1) is 29.3. The fourth-order valence-electron chi connectivity index (χ4n) is 3.46. The predicted molar refractivity (Wildman–Crippen MR) is 120 cm³/mol. The lowest BCUT2D eigenvalue weighted by Crippen LogP contribution is -2.66. The summed E-state index contributed by atoms with van der Waals surface area (Å²) in [5, 5.41) is 10.9. The fraction of sp³-hybridized carbons (Fsp3) is 0.167. The topological polar surface area (TPSA) is 64.1 Å². The summed E-state index contributed by atoms with van der Waals surface area (Å²) in [6.45, 7) is 6.04. The SMILES string of the molecule is C=C/C(=C\C(=C)C(F)(F)F)N1C(=O)N(c2cccc(C(F)(F)F)c2)C(=O)N(c2cccc(C(F)(F)F)c2)C1O. The number of urea groups is 2. The lowest BCUT2D eigenvalue weighted by Gasteiger charge is -2.44. The number of amides is 4. The van der Waals surface area contributed by atoms with Crippen molar-refractivity contribution in [2.24, 2.45) is 0 Å². The van der Waals surface area contributed by atoms with Crippen LogP contribution in [0.3, 0.4) is 0 Å². The molecule has 1 saturated heterocycles. The molecule has 0 saturated carbocycles. The van der Waals surface area contributed by atoms with Crippen molar-refractivity contribution in [2.75, 3.05) is 9.80 Å². The molecule has 1 aliphatic rings. The van der Waals surface area contributed by atoms with Crippen LogP contribution in [-0.4, -0.2) is 34.6 Å². The van der Waals surface area contributed by atoms with E-state index in [1.165, 1.54) is 0 Å². The minimum Gasteiger partial charge on any atom is -0.356 e.